The van der Waals surface area contributed by atoms with Crippen molar-refractivity contribution in [3.63, 3.8) is 0 Å². The molecule has 94 valence electrons. The molecule has 1 fully saturated rings. The molecule has 0 amide bonds. The van der Waals surface area contributed by atoms with E-state index < -0.39 is 0 Å². The maximum absolute atomic E-state index is 14.0. The molecule has 0 radical (unpaired) electrons. The minimum atomic E-state index is -0.313. The summed E-state index contributed by atoms with van der Waals surface area (Å²) in [5.41, 5.74) is 0.648. The van der Waals surface area contributed by atoms with Gasteiger partial charge in [-0.25, -0.2) is 4.39 Å². The van der Waals surface area contributed by atoms with Crippen molar-refractivity contribution in [3.8, 4) is 0 Å². The van der Waals surface area contributed by atoms with Gasteiger partial charge in [0.15, 0.2) is 0 Å². The van der Waals surface area contributed by atoms with Crippen LogP contribution in [0.2, 0.25) is 5.02 Å². The van der Waals surface area contributed by atoms with Crippen LogP contribution in [0.15, 0.2) is 18.2 Å². The van der Waals surface area contributed by atoms with E-state index in [4.69, 9.17) is 16.3 Å². The van der Waals surface area contributed by atoms with Gasteiger partial charge < -0.3 is 10.1 Å². The van der Waals surface area contributed by atoms with Crippen LogP contribution in [0.4, 0.5) is 4.39 Å². The van der Waals surface area contributed by atoms with E-state index in [1.165, 1.54) is 0 Å². The summed E-state index contributed by atoms with van der Waals surface area (Å²) in [6.45, 7) is 4.26. The molecule has 2 rings (SSSR count). The standard InChI is InChI=1S/C13H17ClFNO/c1-2-16-13(9-6-7-17-8-9)10-4-3-5-11(14)12(10)15/h3-5,9,13,16H,2,6-8H2,1H3. The molecule has 2 nitrogen and oxygen atoms in total. The average Bonchev–Trinajstić information content (AvgIpc) is 2.84. The lowest BCUT2D eigenvalue weighted by Gasteiger charge is -2.24. The van der Waals surface area contributed by atoms with Crippen molar-refractivity contribution < 1.29 is 9.13 Å². The molecular formula is C13H17ClFNO. The Kier molecular flexibility index (Phi) is 4.37. The lowest BCUT2D eigenvalue weighted by Crippen LogP contribution is -2.29. The van der Waals surface area contributed by atoms with Gasteiger partial charge in [0.25, 0.3) is 0 Å². The lowest BCUT2D eigenvalue weighted by atomic mass is 9.92. The molecule has 1 aliphatic heterocycles. The van der Waals surface area contributed by atoms with Gasteiger partial charge in [-0.1, -0.05) is 30.7 Å². The quantitative estimate of drug-likeness (QED) is 0.895. The molecule has 4 heteroatoms. The summed E-state index contributed by atoms with van der Waals surface area (Å²) < 4.78 is 19.4. The molecule has 0 saturated carbocycles. The number of hydrogen-bond acceptors (Lipinski definition) is 2. The van der Waals surface area contributed by atoms with Crippen LogP contribution in [0.3, 0.4) is 0 Å². The summed E-state index contributed by atoms with van der Waals surface area (Å²) in [5.74, 6) is 0.00920. The molecule has 17 heavy (non-hydrogen) atoms. The predicted molar refractivity (Wildman–Crippen MR) is 66.8 cm³/mol. The molecule has 0 aliphatic carbocycles. The Morgan fingerprint density at radius 3 is 3.06 bits per heavy atom. The van der Waals surface area contributed by atoms with E-state index in [1.54, 1.807) is 18.2 Å². The summed E-state index contributed by atoms with van der Waals surface area (Å²) in [6.07, 6.45) is 0.962. The van der Waals surface area contributed by atoms with E-state index in [-0.39, 0.29) is 16.9 Å². The normalized spacial score (nSPS) is 21.7. The van der Waals surface area contributed by atoms with Gasteiger partial charge in [-0.05, 0) is 19.0 Å². The second-order valence-corrected chi connectivity index (χ2v) is 4.71. The van der Waals surface area contributed by atoms with Crippen molar-refractivity contribution in [2.75, 3.05) is 19.8 Å². The SMILES string of the molecule is CCNC(c1cccc(Cl)c1F)C1CCOC1. The zero-order chi connectivity index (χ0) is 12.3. The summed E-state index contributed by atoms with van der Waals surface area (Å²) in [6, 6.07) is 5.16. The summed E-state index contributed by atoms with van der Waals surface area (Å²) in [5, 5.41) is 3.51. The second kappa shape index (κ2) is 5.80. The topological polar surface area (TPSA) is 21.3 Å². The van der Waals surface area contributed by atoms with E-state index in [0.29, 0.717) is 18.1 Å². The largest absolute Gasteiger partial charge is 0.381 e. The van der Waals surface area contributed by atoms with E-state index in [2.05, 4.69) is 5.32 Å². The summed E-state index contributed by atoms with van der Waals surface area (Å²) in [4.78, 5) is 0. The van der Waals surface area contributed by atoms with E-state index in [9.17, 15) is 4.39 Å². The number of ether oxygens (including phenoxy) is 1. The van der Waals surface area contributed by atoms with Crippen molar-refractivity contribution in [3.05, 3.63) is 34.6 Å². The van der Waals surface area contributed by atoms with Gasteiger partial charge in [0.1, 0.15) is 5.82 Å². The highest BCUT2D eigenvalue weighted by Gasteiger charge is 2.28. The van der Waals surface area contributed by atoms with Gasteiger partial charge in [0.2, 0.25) is 0 Å². The van der Waals surface area contributed by atoms with Crippen molar-refractivity contribution in [2.45, 2.75) is 19.4 Å². The first-order valence-corrected chi connectivity index (χ1v) is 6.37. The molecule has 0 aromatic heterocycles. The Morgan fingerprint density at radius 2 is 2.41 bits per heavy atom. The first kappa shape index (κ1) is 12.8. The van der Waals surface area contributed by atoms with Crippen LogP contribution < -0.4 is 5.32 Å². The van der Waals surface area contributed by atoms with Gasteiger partial charge >= 0.3 is 0 Å². The highest BCUT2D eigenvalue weighted by molar-refractivity contribution is 6.30. The molecule has 1 saturated heterocycles. The van der Waals surface area contributed by atoms with Gasteiger partial charge in [-0.15, -0.1) is 0 Å². The van der Waals surface area contributed by atoms with Crippen LogP contribution >= 0.6 is 11.6 Å². The Balaban J connectivity index is 2.27. The van der Waals surface area contributed by atoms with Crippen LogP contribution in [0.5, 0.6) is 0 Å². The molecule has 2 atom stereocenters. The number of nitrogens with one attached hydrogen (secondary N) is 1. The van der Waals surface area contributed by atoms with Gasteiger partial charge in [-0.3, -0.25) is 0 Å². The Morgan fingerprint density at radius 1 is 1.59 bits per heavy atom. The fourth-order valence-electron chi connectivity index (χ4n) is 2.33. The maximum Gasteiger partial charge on any atom is 0.146 e. The molecule has 1 aliphatic rings. The molecule has 2 unspecified atom stereocenters. The molecule has 0 bridgehead atoms. The molecule has 1 aromatic rings. The van der Waals surface area contributed by atoms with Crippen LogP contribution in [0.25, 0.3) is 0 Å². The fraction of sp³-hybridized carbons (Fsp3) is 0.538. The minimum absolute atomic E-state index is 0.0128. The number of halogens is 2. The van der Waals surface area contributed by atoms with Gasteiger partial charge in [-0.2, -0.15) is 0 Å². The first-order chi connectivity index (χ1) is 8.24. The molecule has 1 heterocycles. The van der Waals surface area contributed by atoms with E-state index >= 15 is 0 Å². The summed E-state index contributed by atoms with van der Waals surface area (Å²) >= 11 is 5.83. The Labute approximate surface area is 106 Å². The predicted octanol–water partition coefficient (Wildman–Crippen LogP) is 3.17. The van der Waals surface area contributed by atoms with E-state index in [0.717, 1.165) is 19.6 Å². The van der Waals surface area contributed by atoms with Crippen LogP contribution in [0, 0.1) is 11.7 Å². The zero-order valence-electron chi connectivity index (χ0n) is 9.88. The lowest BCUT2D eigenvalue weighted by molar-refractivity contribution is 0.176. The van der Waals surface area contributed by atoms with Crippen molar-refractivity contribution >= 4 is 11.6 Å². The molecule has 1 N–H and O–H groups in total. The highest BCUT2D eigenvalue weighted by atomic mass is 35.5. The second-order valence-electron chi connectivity index (χ2n) is 4.30. The van der Waals surface area contributed by atoms with Crippen LogP contribution in [0.1, 0.15) is 24.9 Å². The average molecular weight is 258 g/mol. The number of rotatable bonds is 4. The van der Waals surface area contributed by atoms with Crippen LogP contribution in [-0.2, 0) is 4.74 Å². The van der Waals surface area contributed by atoms with Crippen molar-refractivity contribution in [1.29, 1.82) is 0 Å². The van der Waals surface area contributed by atoms with Gasteiger partial charge in [0.05, 0.1) is 11.6 Å². The fourth-order valence-corrected chi connectivity index (χ4v) is 2.51. The maximum atomic E-state index is 14.0. The monoisotopic (exact) mass is 257 g/mol. The number of benzene rings is 1. The van der Waals surface area contributed by atoms with Crippen molar-refractivity contribution in [2.24, 2.45) is 5.92 Å². The molecule has 1 aromatic carbocycles. The Hall–Kier alpha value is -0.640. The number of hydrogen-bond donors (Lipinski definition) is 1. The third-order valence-corrected chi connectivity index (χ3v) is 3.47. The molecule has 0 spiro atoms. The smallest absolute Gasteiger partial charge is 0.146 e. The molecular weight excluding hydrogens is 241 g/mol. The minimum Gasteiger partial charge on any atom is -0.381 e. The third kappa shape index (κ3) is 2.79. The van der Waals surface area contributed by atoms with Gasteiger partial charge in [0, 0.05) is 24.1 Å². The van der Waals surface area contributed by atoms with E-state index in [1.807, 2.05) is 6.92 Å². The van der Waals surface area contributed by atoms with Crippen molar-refractivity contribution in [1.82, 2.24) is 5.32 Å². The first-order valence-electron chi connectivity index (χ1n) is 5.99. The highest BCUT2D eigenvalue weighted by Crippen LogP contribution is 2.32. The summed E-state index contributed by atoms with van der Waals surface area (Å²) in [7, 11) is 0. The third-order valence-electron chi connectivity index (χ3n) is 3.18. The Bertz CT molecular complexity index is 380. The zero-order valence-corrected chi connectivity index (χ0v) is 10.6. The van der Waals surface area contributed by atoms with Crippen LogP contribution in [-0.4, -0.2) is 19.8 Å².